The zero-order valence-corrected chi connectivity index (χ0v) is 18.4. The molecule has 0 saturated carbocycles. The summed E-state index contributed by atoms with van der Waals surface area (Å²) in [7, 11) is 1.61. The average Bonchev–Trinajstić information content (AvgIpc) is 2.68. The normalized spacial score (nSPS) is 10.2. The minimum absolute atomic E-state index is 0. The lowest BCUT2D eigenvalue weighted by molar-refractivity contribution is 0.279. The maximum absolute atomic E-state index is 13.7. The molecule has 158 valence electrons. The molecule has 0 atom stereocenters. The van der Waals surface area contributed by atoms with Crippen molar-refractivity contribution in [2.75, 3.05) is 33.3 Å². The third kappa shape index (κ3) is 8.23. The number of likely N-dealkylation sites (N-methyl/N-ethyl adjacent to an activating group) is 1. The Morgan fingerprint density at radius 1 is 1.00 bits per heavy atom. The van der Waals surface area contributed by atoms with Crippen molar-refractivity contribution in [1.82, 2.24) is 10.2 Å². The summed E-state index contributed by atoms with van der Waals surface area (Å²) in [5.41, 5.74) is 1.65. The maximum atomic E-state index is 13.7. The highest BCUT2D eigenvalue weighted by Gasteiger charge is 2.08. The lowest BCUT2D eigenvalue weighted by Crippen LogP contribution is -2.31. The Morgan fingerprint density at radius 2 is 1.71 bits per heavy atom. The summed E-state index contributed by atoms with van der Waals surface area (Å²) in [4.78, 5) is 2.38. The summed E-state index contributed by atoms with van der Waals surface area (Å²) >= 11 is 0. The summed E-state index contributed by atoms with van der Waals surface area (Å²) in [6.45, 7) is 9.40. The summed E-state index contributed by atoms with van der Waals surface area (Å²) in [6, 6.07) is 12.5. The molecule has 0 aromatic heterocycles. The van der Waals surface area contributed by atoms with Crippen LogP contribution < -0.4 is 14.8 Å². The van der Waals surface area contributed by atoms with Crippen LogP contribution in [0.4, 0.5) is 4.39 Å². The van der Waals surface area contributed by atoms with Crippen LogP contribution in [0.1, 0.15) is 25.0 Å². The first kappa shape index (κ1) is 26.5. The van der Waals surface area contributed by atoms with Crippen molar-refractivity contribution in [2.24, 2.45) is 0 Å². The topological polar surface area (TPSA) is 33.7 Å². The SMILES string of the molecule is CCN(CC)CCNCc1ccc(OCc2ccccc2F)c(OC)c1.Cl.Cl. The van der Waals surface area contributed by atoms with Gasteiger partial charge in [-0.15, -0.1) is 24.8 Å². The van der Waals surface area contributed by atoms with Crippen molar-refractivity contribution in [3.8, 4) is 11.5 Å². The predicted octanol–water partition coefficient (Wildman–Crippen LogP) is 4.69. The molecule has 2 aromatic rings. The maximum Gasteiger partial charge on any atom is 0.161 e. The summed E-state index contributed by atoms with van der Waals surface area (Å²) < 4.78 is 24.9. The van der Waals surface area contributed by atoms with Gasteiger partial charge >= 0.3 is 0 Å². The van der Waals surface area contributed by atoms with E-state index in [4.69, 9.17) is 9.47 Å². The molecule has 28 heavy (non-hydrogen) atoms. The predicted molar refractivity (Wildman–Crippen MR) is 118 cm³/mol. The molecule has 0 aliphatic carbocycles. The number of hydrogen-bond acceptors (Lipinski definition) is 4. The van der Waals surface area contributed by atoms with Crippen molar-refractivity contribution in [1.29, 1.82) is 0 Å². The Hall–Kier alpha value is -1.53. The highest BCUT2D eigenvalue weighted by atomic mass is 35.5. The number of halogens is 3. The fraction of sp³-hybridized carbons (Fsp3) is 0.429. The van der Waals surface area contributed by atoms with E-state index in [0.29, 0.717) is 17.1 Å². The number of benzene rings is 2. The molecule has 0 radical (unpaired) electrons. The Bertz CT molecular complexity index is 685. The third-order valence-electron chi connectivity index (χ3n) is 4.40. The van der Waals surface area contributed by atoms with E-state index >= 15 is 0 Å². The van der Waals surface area contributed by atoms with Gasteiger partial charge in [-0.3, -0.25) is 0 Å². The molecule has 1 N–H and O–H groups in total. The number of methoxy groups -OCH3 is 1. The van der Waals surface area contributed by atoms with E-state index in [-0.39, 0.29) is 37.2 Å². The van der Waals surface area contributed by atoms with Gasteiger partial charge < -0.3 is 19.7 Å². The molecule has 0 spiro atoms. The van der Waals surface area contributed by atoms with Gasteiger partial charge in [0.05, 0.1) is 7.11 Å². The van der Waals surface area contributed by atoms with Crippen LogP contribution in [0.5, 0.6) is 11.5 Å². The largest absolute Gasteiger partial charge is 0.493 e. The number of hydrogen-bond donors (Lipinski definition) is 1. The summed E-state index contributed by atoms with van der Waals surface area (Å²) in [5.74, 6) is 1.01. The molecule has 2 rings (SSSR count). The summed E-state index contributed by atoms with van der Waals surface area (Å²) in [6.07, 6.45) is 0. The first-order chi connectivity index (χ1) is 12.7. The van der Waals surface area contributed by atoms with Gasteiger partial charge in [0.25, 0.3) is 0 Å². The molecule has 0 unspecified atom stereocenters. The Balaban J connectivity index is 0.00000364. The van der Waals surface area contributed by atoms with Crippen LogP contribution in [-0.2, 0) is 13.2 Å². The molecular weight excluding hydrogens is 402 g/mol. The molecule has 4 nitrogen and oxygen atoms in total. The van der Waals surface area contributed by atoms with Gasteiger partial charge in [0.1, 0.15) is 12.4 Å². The van der Waals surface area contributed by atoms with Crippen LogP contribution in [0.15, 0.2) is 42.5 Å². The molecule has 0 bridgehead atoms. The number of nitrogens with zero attached hydrogens (tertiary/aromatic N) is 1. The van der Waals surface area contributed by atoms with Gasteiger partial charge in [-0.05, 0) is 36.9 Å². The van der Waals surface area contributed by atoms with E-state index in [9.17, 15) is 4.39 Å². The Labute approximate surface area is 180 Å². The van der Waals surface area contributed by atoms with Crippen LogP contribution in [0.25, 0.3) is 0 Å². The van der Waals surface area contributed by atoms with Crippen molar-refractivity contribution in [2.45, 2.75) is 27.0 Å². The fourth-order valence-corrected chi connectivity index (χ4v) is 2.72. The zero-order chi connectivity index (χ0) is 18.8. The Kier molecular flexibility index (Phi) is 13.7. The van der Waals surface area contributed by atoms with Gasteiger partial charge in [0.2, 0.25) is 0 Å². The van der Waals surface area contributed by atoms with E-state index in [1.165, 1.54) is 6.07 Å². The smallest absolute Gasteiger partial charge is 0.161 e. The van der Waals surface area contributed by atoms with Crippen molar-refractivity contribution < 1.29 is 13.9 Å². The average molecular weight is 433 g/mol. The molecule has 0 aliphatic rings. The van der Waals surface area contributed by atoms with Crippen LogP contribution in [0.3, 0.4) is 0 Å². The molecule has 0 amide bonds. The number of ether oxygens (including phenoxy) is 2. The monoisotopic (exact) mass is 432 g/mol. The second-order valence-corrected chi connectivity index (χ2v) is 6.07. The Morgan fingerprint density at radius 3 is 2.36 bits per heavy atom. The van der Waals surface area contributed by atoms with Crippen LogP contribution >= 0.6 is 24.8 Å². The standard InChI is InChI=1S/C21H29FN2O2.2ClH/c1-4-24(5-2)13-12-23-15-17-10-11-20(21(14-17)25-3)26-16-18-8-6-7-9-19(18)22;;/h6-11,14,23H,4-5,12-13,15-16H2,1-3H3;2*1H. The highest BCUT2D eigenvalue weighted by Crippen LogP contribution is 2.29. The van der Waals surface area contributed by atoms with E-state index < -0.39 is 0 Å². The molecule has 0 aliphatic heterocycles. The molecule has 0 saturated heterocycles. The van der Waals surface area contributed by atoms with E-state index in [1.54, 1.807) is 25.3 Å². The molecule has 0 heterocycles. The number of rotatable bonds is 11. The van der Waals surface area contributed by atoms with Gasteiger partial charge in [-0.2, -0.15) is 0 Å². The van der Waals surface area contributed by atoms with Crippen LogP contribution in [0.2, 0.25) is 0 Å². The molecule has 7 heteroatoms. The second kappa shape index (κ2) is 14.5. The van der Waals surface area contributed by atoms with Crippen molar-refractivity contribution in [3.05, 3.63) is 59.4 Å². The fourth-order valence-electron chi connectivity index (χ4n) is 2.72. The lowest BCUT2D eigenvalue weighted by Gasteiger charge is -2.18. The van der Waals surface area contributed by atoms with E-state index in [1.807, 2.05) is 18.2 Å². The van der Waals surface area contributed by atoms with E-state index in [0.717, 1.165) is 38.3 Å². The molecular formula is C21H31Cl2FN2O2. The minimum Gasteiger partial charge on any atom is -0.493 e. The third-order valence-corrected chi connectivity index (χ3v) is 4.40. The first-order valence-corrected chi connectivity index (χ1v) is 9.14. The molecule has 2 aromatic carbocycles. The van der Waals surface area contributed by atoms with Crippen molar-refractivity contribution >= 4 is 24.8 Å². The quantitative estimate of drug-likeness (QED) is 0.522. The lowest BCUT2D eigenvalue weighted by atomic mass is 10.2. The molecule has 0 fully saturated rings. The van der Waals surface area contributed by atoms with Crippen LogP contribution in [0, 0.1) is 5.82 Å². The zero-order valence-electron chi connectivity index (χ0n) is 16.7. The van der Waals surface area contributed by atoms with Crippen molar-refractivity contribution in [3.63, 3.8) is 0 Å². The minimum atomic E-state index is -0.263. The van der Waals surface area contributed by atoms with Gasteiger partial charge in [-0.25, -0.2) is 4.39 Å². The summed E-state index contributed by atoms with van der Waals surface area (Å²) in [5, 5.41) is 3.45. The van der Waals surface area contributed by atoms with Gasteiger partial charge in [0, 0.05) is 25.2 Å². The van der Waals surface area contributed by atoms with Crippen LogP contribution in [-0.4, -0.2) is 38.2 Å². The highest BCUT2D eigenvalue weighted by molar-refractivity contribution is 5.85. The van der Waals surface area contributed by atoms with Gasteiger partial charge in [0.15, 0.2) is 11.5 Å². The van der Waals surface area contributed by atoms with E-state index in [2.05, 4.69) is 24.1 Å². The first-order valence-electron chi connectivity index (χ1n) is 9.14. The van der Waals surface area contributed by atoms with Gasteiger partial charge in [-0.1, -0.05) is 38.1 Å². The number of nitrogens with one attached hydrogen (secondary N) is 1. The second-order valence-electron chi connectivity index (χ2n) is 6.07.